The van der Waals surface area contributed by atoms with Crippen LogP contribution in [0.25, 0.3) is 0 Å². The van der Waals surface area contributed by atoms with E-state index in [1.807, 2.05) is 6.07 Å². The predicted molar refractivity (Wildman–Crippen MR) is 61.8 cm³/mol. The van der Waals surface area contributed by atoms with Crippen LogP contribution in [-0.4, -0.2) is 23.2 Å². The number of ether oxygens (including phenoxy) is 1. The molecule has 6 heteroatoms. The van der Waals surface area contributed by atoms with Crippen molar-refractivity contribution in [2.75, 3.05) is 5.32 Å². The van der Waals surface area contributed by atoms with E-state index in [1.54, 1.807) is 0 Å². The summed E-state index contributed by atoms with van der Waals surface area (Å²) >= 11 is 7.12. The Morgan fingerprint density at radius 3 is 3.00 bits per heavy atom. The molecule has 2 fully saturated rings. The quantitative estimate of drug-likeness (QED) is 0.882. The SMILES string of the molecule is N#Cc1sc(NC2CC3CCC2O3)nc1Cl. The molecule has 84 valence electrons. The number of fused-ring (bicyclic) bond motifs is 2. The molecule has 3 heterocycles. The minimum atomic E-state index is 0.291. The number of nitrogens with one attached hydrogen (secondary N) is 1. The van der Waals surface area contributed by atoms with E-state index in [4.69, 9.17) is 21.6 Å². The van der Waals surface area contributed by atoms with E-state index < -0.39 is 0 Å². The molecule has 0 radical (unpaired) electrons. The number of hydrogen-bond acceptors (Lipinski definition) is 5. The minimum Gasteiger partial charge on any atom is -0.373 e. The fraction of sp³-hybridized carbons (Fsp3) is 0.600. The number of aromatic nitrogens is 1. The van der Waals surface area contributed by atoms with Gasteiger partial charge < -0.3 is 10.1 Å². The lowest BCUT2D eigenvalue weighted by Gasteiger charge is -2.19. The van der Waals surface area contributed by atoms with Crippen LogP contribution in [0, 0.1) is 11.3 Å². The van der Waals surface area contributed by atoms with Gasteiger partial charge in [-0.25, -0.2) is 4.98 Å². The van der Waals surface area contributed by atoms with E-state index in [1.165, 1.54) is 17.8 Å². The number of nitrogens with zero attached hydrogens (tertiary/aromatic N) is 2. The third-order valence-electron chi connectivity index (χ3n) is 3.10. The van der Waals surface area contributed by atoms with Gasteiger partial charge in [0.2, 0.25) is 0 Å². The van der Waals surface area contributed by atoms with Crippen molar-refractivity contribution in [3.8, 4) is 6.07 Å². The lowest BCUT2D eigenvalue weighted by atomic mass is 9.96. The molecule has 2 aliphatic rings. The highest BCUT2D eigenvalue weighted by atomic mass is 35.5. The molecule has 4 nitrogen and oxygen atoms in total. The van der Waals surface area contributed by atoms with E-state index in [-0.39, 0.29) is 0 Å². The van der Waals surface area contributed by atoms with E-state index in [0.717, 1.165) is 18.0 Å². The average Bonchev–Trinajstić information content (AvgIpc) is 2.93. The summed E-state index contributed by atoms with van der Waals surface area (Å²) in [5.41, 5.74) is 0. The van der Waals surface area contributed by atoms with E-state index >= 15 is 0 Å². The summed E-state index contributed by atoms with van der Waals surface area (Å²) in [4.78, 5) is 4.59. The van der Waals surface area contributed by atoms with Crippen LogP contribution in [0.5, 0.6) is 0 Å². The highest BCUT2D eigenvalue weighted by molar-refractivity contribution is 7.16. The first-order chi connectivity index (χ1) is 7.76. The summed E-state index contributed by atoms with van der Waals surface area (Å²) in [5, 5.41) is 13.1. The zero-order chi connectivity index (χ0) is 11.1. The zero-order valence-corrected chi connectivity index (χ0v) is 10.0. The highest BCUT2D eigenvalue weighted by Crippen LogP contribution is 2.37. The van der Waals surface area contributed by atoms with Crippen LogP contribution in [0.1, 0.15) is 24.1 Å². The van der Waals surface area contributed by atoms with Gasteiger partial charge in [-0.2, -0.15) is 5.26 Å². The molecule has 0 aromatic carbocycles. The van der Waals surface area contributed by atoms with Crippen molar-refractivity contribution < 1.29 is 4.74 Å². The summed E-state index contributed by atoms with van der Waals surface area (Å²) in [5.74, 6) is 0. The molecule has 1 aromatic rings. The van der Waals surface area contributed by atoms with Crippen molar-refractivity contribution in [1.82, 2.24) is 4.98 Å². The summed E-state index contributed by atoms with van der Waals surface area (Å²) in [6.45, 7) is 0. The molecular weight excluding hydrogens is 246 g/mol. The predicted octanol–water partition coefficient (Wildman–Crippen LogP) is 2.40. The van der Waals surface area contributed by atoms with Crippen LogP contribution >= 0.6 is 22.9 Å². The Hall–Kier alpha value is -0.830. The molecule has 16 heavy (non-hydrogen) atoms. The van der Waals surface area contributed by atoms with Crippen LogP contribution in [0.2, 0.25) is 5.15 Å². The van der Waals surface area contributed by atoms with Gasteiger partial charge in [-0.1, -0.05) is 22.9 Å². The largest absolute Gasteiger partial charge is 0.373 e. The lowest BCUT2D eigenvalue weighted by Crippen LogP contribution is -2.30. The number of rotatable bonds is 2. The third-order valence-corrected chi connectivity index (χ3v) is 4.38. The number of nitriles is 1. The number of hydrogen-bond donors (Lipinski definition) is 1. The van der Waals surface area contributed by atoms with Gasteiger partial charge in [0.1, 0.15) is 10.9 Å². The normalized spacial score (nSPS) is 31.6. The van der Waals surface area contributed by atoms with E-state index in [2.05, 4.69) is 10.3 Å². The van der Waals surface area contributed by atoms with Gasteiger partial charge in [0.15, 0.2) is 10.3 Å². The zero-order valence-electron chi connectivity index (χ0n) is 8.44. The van der Waals surface area contributed by atoms with E-state index in [9.17, 15) is 0 Å². The monoisotopic (exact) mass is 255 g/mol. The van der Waals surface area contributed by atoms with Gasteiger partial charge >= 0.3 is 0 Å². The first-order valence-corrected chi connectivity index (χ1v) is 6.44. The Kier molecular flexibility index (Phi) is 2.51. The van der Waals surface area contributed by atoms with Gasteiger partial charge in [0.05, 0.1) is 18.2 Å². The first kappa shape index (κ1) is 10.3. The Labute approximate surface area is 102 Å². The number of thiazole rings is 1. The van der Waals surface area contributed by atoms with Gasteiger partial charge in [-0.05, 0) is 19.3 Å². The van der Waals surface area contributed by atoms with Crippen molar-refractivity contribution in [1.29, 1.82) is 5.26 Å². The Morgan fingerprint density at radius 2 is 2.44 bits per heavy atom. The number of halogens is 1. The molecule has 2 saturated heterocycles. The van der Waals surface area contributed by atoms with E-state index in [0.29, 0.717) is 28.3 Å². The molecule has 3 atom stereocenters. The van der Waals surface area contributed by atoms with Gasteiger partial charge in [-0.3, -0.25) is 0 Å². The highest BCUT2D eigenvalue weighted by Gasteiger charge is 2.41. The maximum Gasteiger partial charge on any atom is 0.185 e. The van der Waals surface area contributed by atoms with Crippen molar-refractivity contribution in [3.05, 3.63) is 10.0 Å². The fourth-order valence-corrected chi connectivity index (χ4v) is 3.39. The molecule has 2 aliphatic heterocycles. The lowest BCUT2D eigenvalue weighted by molar-refractivity contribution is 0.102. The Balaban J connectivity index is 1.73. The van der Waals surface area contributed by atoms with Crippen molar-refractivity contribution >= 4 is 28.1 Å². The maximum atomic E-state index is 8.78. The second kappa shape index (κ2) is 3.88. The molecule has 1 aromatic heterocycles. The summed E-state index contributed by atoms with van der Waals surface area (Å²) in [7, 11) is 0. The van der Waals surface area contributed by atoms with Crippen LogP contribution < -0.4 is 5.32 Å². The smallest absolute Gasteiger partial charge is 0.185 e. The van der Waals surface area contributed by atoms with Gasteiger partial charge in [-0.15, -0.1) is 0 Å². The third kappa shape index (κ3) is 1.67. The molecule has 0 saturated carbocycles. The molecule has 2 bridgehead atoms. The molecule has 0 spiro atoms. The molecule has 1 N–H and O–H groups in total. The molecule has 3 rings (SSSR count). The average molecular weight is 256 g/mol. The number of anilines is 1. The fourth-order valence-electron chi connectivity index (χ4n) is 2.38. The van der Waals surface area contributed by atoms with Gasteiger partial charge in [0.25, 0.3) is 0 Å². The molecular formula is C10H10ClN3OS. The summed E-state index contributed by atoms with van der Waals surface area (Å²) in [6, 6.07) is 2.35. The first-order valence-electron chi connectivity index (χ1n) is 5.24. The topological polar surface area (TPSA) is 57.9 Å². The maximum absolute atomic E-state index is 8.78. The summed E-state index contributed by atoms with van der Waals surface area (Å²) in [6.07, 6.45) is 4.04. The van der Waals surface area contributed by atoms with Crippen LogP contribution in [0.3, 0.4) is 0 Å². The van der Waals surface area contributed by atoms with Crippen LogP contribution in [0.15, 0.2) is 0 Å². The van der Waals surface area contributed by atoms with Crippen LogP contribution in [-0.2, 0) is 4.74 Å². The standard InChI is InChI=1S/C10H10ClN3OS/c11-9-8(4-12)16-10(14-9)13-6-3-5-1-2-7(6)15-5/h5-7H,1-3H2,(H,13,14). The van der Waals surface area contributed by atoms with Crippen molar-refractivity contribution in [2.24, 2.45) is 0 Å². The van der Waals surface area contributed by atoms with Crippen molar-refractivity contribution in [2.45, 2.75) is 37.5 Å². The molecule has 0 aliphatic carbocycles. The molecule has 3 unspecified atom stereocenters. The summed E-state index contributed by atoms with van der Waals surface area (Å²) < 4.78 is 5.74. The second-order valence-corrected chi connectivity index (χ2v) is 5.47. The second-order valence-electron chi connectivity index (χ2n) is 4.11. The Morgan fingerprint density at radius 1 is 1.56 bits per heavy atom. The minimum absolute atomic E-state index is 0.291. The van der Waals surface area contributed by atoms with Crippen LogP contribution in [0.4, 0.5) is 5.13 Å². The Bertz CT molecular complexity index is 455. The molecule has 0 amide bonds. The van der Waals surface area contributed by atoms with Gasteiger partial charge in [0, 0.05) is 0 Å². The van der Waals surface area contributed by atoms with Crippen molar-refractivity contribution in [3.63, 3.8) is 0 Å².